The number of ether oxygens (including phenoxy) is 1. The molecular formula is C11H15ClN2O3S. The van der Waals surface area contributed by atoms with Gasteiger partial charge in [0.2, 0.25) is 5.88 Å². The molecule has 0 N–H and O–H groups in total. The second-order valence-corrected chi connectivity index (χ2v) is 6.84. The van der Waals surface area contributed by atoms with Crippen molar-refractivity contribution in [2.75, 3.05) is 20.2 Å². The zero-order valence-electron chi connectivity index (χ0n) is 10.0. The molecule has 1 aromatic rings. The van der Waals surface area contributed by atoms with E-state index in [2.05, 4.69) is 9.88 Å². The van der Waals surface area contributed by atoms with E-state index in [4.69, 9.17) is 15.4 Å². The Morgan fingerprint density at radius 2 is 2.28 bits per heavy atom. The minimum Gasteiger partial charge on any atom is -0.475 e. The Morgan fingerprint density at radius 1 is 1.56 bits per heavy atom. The van der Waals surface area contributed by atoms with Crippen molar-refractivity contribution < 1.29 is 13.2 Å². The predicted molar refractivity (Wildman–Crippen MR) is 68.4 cm³/mol. The smallest absolute Gasteiger partial charge is 0.266 e. The van der Waals surface area contributed by atoms with Gasteiger partial charge in [-0.05, 0) is 32.0 Å². The second-order valence-electron chi connectivity index (χ2n) is 4.30. The lowest BCUT2D eigenvalue weighted by Gasteiger charge is -2.16. The van der Waals surface area contributed by atoms with Gasteiger partial charge in [0.05, 0.1) is 0 Å². The van der Waals surface area contributed by atoms with E-state index in [-0.39, 0.29) is 10.8 Å². The first-order valence-corrected chi connectivity index (χ1v) is 8.02. The number of pyridine rings is 1. The maximum absolute atomic E-state index is 11.3. The Bertz CT molecular complexity index is 517. The van der Waals surface area contributed by atoms with Gasteiger partial charge in [0.25, 0.3) is 9.05 Å². The number of nitrogens with zero attached hydrogens (tertiary/aromatic N) is 2. The predicted octanol–water partition coefficient (Wildman–Crippen LogP) is 1.48. The van der Waals surface area contributed by atoms with E-state index in [1.165, 1.54) is 31.2 Å². The molecule has 0 aromatic carbocycles. The Hall–Kier alpha value is -0.850. The fourth-order valence-corrected chi connectivity index (χ4v) is 2.57. The summed E-state index contributed by atoms with van der Waals surface area (Å²) in [5, 5.41) is 0. The Labute approximate surface area is 111 Å². The minimum absolute atomic E-state index is 0.0664. The van der Waals surface area contributed by atoms with Gasteiger partial charge in [-0.1, -0.05) is 0 Å². The summed E-state index contributed by atoms with van der Waals surface area (Å²) in [6.45, 7) is 1.13. The molecular weight excluding hydrogens is 276 g/mol. The van der Waals surface area contributed by atoms with Gasteiger partial charge in [-0.15, -0.1) is 0 Å². The monoisotopic (exact) mass is 290 g/mol. The molecule has 1 aliphatic carbocycles. The van der Waals surface area contributed by atoms with Crippen LogP contribution in [0.5, 0.6) is 5.88 Å². The Kier molecular flexibility index (Phi) is 4.09. The molecule has 18 heavy (non-hydrogen) atoms. The van der Waals surface area contributed by atoms with Crippen LogP contribution < -0.4 is 4.74 Å². The number of halogens is 1. The fourth-order valence-electron chi connectivity index (χ4n) is 1.65. The molecule has 7 heteroatoms. The topological polar surface area (TPSA) is 59.5 Å². The summed E-state index contributed by atoms with van der Waals surface area (Å²) in [5.41, 5.74) is 0. The van der Waals surface area contributed by atoms with Crippen LogP contribution >= 0.6 is 10.7 Å². The summed E-state index contributed by atoms with van der Waals surface area (Å²) in [7, 11) is 3.52. The van der Waals surface area contributed by atoms with Crippen LogP contribution in [0.1, 0.15) is 12.8 Å². The lowest BCUT2D eigenvalue weighted by Crippen LogP contribution is -2.26. The third kappa shape index (κ3) is 3.57. The third-order valence-electron chi connectivity index (χ3n) is 2.85. The second kappa shape index (κ2) is 5.42. The molecule has 2 rings (SSSR count). The highest BCUT2D eigenvalue weighted by Crippen LogP contribution is 2.26. The fraction of sp³-hybridized carbons (Fsp3) is 0.545. The molecule has 0 aliphatic heterocycles. The first-order chi connectivity index (χ1) is 8.48. The van der Waals surface area contributed by atoms with E-state index in [0.717, 1.165) is 6.54 Å². The van der Waals surface area contributed by atoms with E-state index >= 15 is 0 Å². The van der Waals surface area contributed by atoms with Crippen molar-refractivity contribution in [2.45, 2.75) is 23.8 Å². The van der Waals surface area contributed by atoms with Gasteiger partial charge in [0.1, 0.15) is 11.5 Å². The van der Waals surface area contributed by atoms with Crippen molar-refractivity contribution in [1.82, 2.24) is 9.88 Å². The molecule has 1 aliphatic rings. The summed E-state index contributed by atoms with van der Waals surface area (Å²) >= 11 is 0. The summed E-state index contributed by atoms with van der Waals surface area (Å²) < 4.78 is 28.0. The van der Waals surface area contributed by atoms with Gasteiger partial charge in [0.15, 0.2) is 0 Å². The highest BCUT2D eigenvalue weighted by molar-refractivity contribution is 8.13. The lowest BCUT2D eigenvalue weighted by atomic mass is 10.5. The summed E-state index contributed by atoms with van der Waals surface area (Å²) in [6.07, 6.45) is 3.92. The van der Waals surface area contributed by atoms with Gasteiger partial charge < -0.3 is 9.64 Å². The zero-order chi connectivity index (χ0) is 13.2. The van der Waals surface area contributed by atoms with Crippen LogP contribution in [0.25, 0.3) is 0 Å². The Balaban J connectivity index is 1.96. The molecule has 0 amide bonds. The highest BCUT2D eigenvalue weighted by atomic mass is 35.7. The van der Waals surface area contributed by atoms with Gasteiger partial charge >= 0.3 is 0 Å². The van der Waals surface area contributed by atoms with Gasteiger partial charge in [-0.3, -0.25) is 0 Å². The average Bonchev–Trinajstić information content (AvgIpc) is 3.12. The molecule has 0 saturated heterocycles. The van der Waals surface area contributed by atoms with E-state index in [1.54, 1.807) is 0 Å². The molecule has 0 unspecified atom stereocenters. The average molecular weight is 291 g/mol. The molecule has 1 fully saturated rings. The number of hydrogen-bond donors (Lipinski definition) is 0. The first kappa shape index (κ1) is 13.6. The number of likely N-dealkylation sites (N-methyl/N-ethyl adjacent to an activating group) is 1. The minimum atomic E-state index is -3.82. The maximum Gasteiger partial charge on any atom is 0.266 e. The standard InChI is InChI=1S/C11H15ClN2O3S/c1-14(9-4-5-9)7-8-17-11-10(18(12,15)16)3-2-6-13-11/h2-3,6,9H,4-5,7-8H2,1H3. The first-order valence-electron chi connectivity index (χ1n) is 5.71. The molecule has 0 radical (unpaired) electrons. The van der Waals surface area contributed by atoms with E-state index in [9.17, 15) is 8.42 Å². The highest BCUT2D eigenvalue weighted by Gasteiger charge is 2.26. The van der Waals surface area contributed by atoms with Crippen LogP contribution in [0.3, 0.4) is 0 Å². The van der Waals surface area contributed by atoms with Gasteiger partial charge in [0, 0.05) is 29.5 Å². The molecule has 1 aromatic heterocycles. The zero-order valence-corrected chi connectivity index (χ0v) is 11.6. The van der Waals surface area contributed by atoms with E-state index in [1.807, 2.05) is 7.05 Å². The molecule has 0 spiro atoms. The van der Waals surface area contributed by atoms with Crippen LogP contribution in [0, 0.1) is 0 Å². The van der Waals surface area contributed by atoms with Crippen molar-refractivity contribution in [3.8, 4) is 5.88 Å². The summed E-state index contributed by atoms with van der Waals surface area (Å²) in [5.74, 6) is 0.0664. The van der Waals surface area contributed by atoms with Crippen LogP contribution in [0.4, 0.5) is 0 Å². The normalized spacial score (nSPS) is 15.9. The largest absolute Gasteiger partial charge is 0.475 e. The van der Waals surface area contributed by atoms with Crippen LogP contribution in [-0.4, -0.2) is 44.5 Å². The summed E-state index contributed by atoms with van der Waals surface area (Å²) in [4.78, 5) is 6.01. The lowest BCUT2D eigenvalue weighted by molar-refractivity contribution is 0.222. The molecule has 0 atom stereocenters. The third-order valence-corrected chi connectivity index (χ3v) is 4.19. The molecule has 1 saturated carbocycles. The Morgan fingerprint density at radius 3 is 2.89 bits per heavy atom. The van der Waals surface area contributed by atoms with Gasteiger partial charge in [-0.2, -0.15) is 0 Å². The van der Waals surface area contributed by atoms with Crippen molar-refractivity contribution in [2.24, 2.45) is 0 Å². The molecule has 5 nitrogen and oxygen atoms in total. The molecule has 0 bridgehead atoms. The van der Waals surface area contributed by atoms with E-state index < -0.39 is 9.05 Å². The van der Waals surface area contributed by atoms with Crippen molar-refractivity contribution >= 4 is 19.7 Å². The summed E-state index contributed by atoms with van der Waals surface area (Å²) in [6, 6.07) is 3.54. The van der Waals surface area contributed by atoms with Crippen molar-refractivity contribution in [3.05, 3.63) is 18.3 Å². The number of aromatic nitrogens is 1. The van der Waals surface area contributed by atoms with Crippen molar-refractivity contribution in [3.63, 3.8) is 0 Å². The van der Waals surface area contributed by atoms with Gasteiger partial charge in [-0.25, -0.2) is 13.4 Å². The molecule has 1 heterocycles. The van der Waals surface area contributed by atoms with Crippen LogP contribution in [-0.2, 0) is 9.05 Å². The maximum atomic E-state index is 11.3. The van der Waals surface area contributed by atoms with E-state index in [0.29, 0.717) is 12.6 Å². The quantitative estimate of drug-likeness (QED) is 0.743. The van der Waals surface area contributed by atoms with Crippen LogP contribution in [0.15, 0.2) is 23.2 Å². The SMILES string of the molecule is CN(CCOc1ncccc1S(=O)(=O)Cl)C1CC1. The number of rotatable bonds is 6. The number of hydrogen-bond acceptors (Lipinski definition) is 5. The van der Waals surface area contributed by atoms with Crippen molar-refractivity contribution in [1.29, 1.82) is 0 Å². The molecule has 100 valence electrons. The van der Waals surface area contributed by atoms with Crippen LogP contribution in [0.2, 0.25) is 0 Å².